The Balaban J connectivity index is 0.00000162. The highest BCUT2D eigenvalue weighted by Gasteiger charge is 2.38. The predicted octanol–water partition coefficient (Wildman–Crippen LogP) is 0.664. The smallest absolute Gasteiger partial charge is 0.239 e. The Labute approximate surface area is 120 Å². The van der Waals surface area contributed by atoms with Gasteiger partial charge in [0.15, 0.2) is 0 Å². The number of amides is 1. The van der Waals surface area contributed by atoms with Crippen molar-refractivity contribution in [1.82, 2.24) is 15.1 Å². The SMILES string of the molecule is CSC1CN(C(=O)C2CCCN2)CC1N(C)C.Cl. The molecule has 2 rings (SSSR count). The van der Waals surface area contributed by atoms with Crippen LogP contribution >= 0.6 is 24.2 Å². The molecule has 1 amide bonds. The zero-order chi connectivity index (χ0) is 12.4. The van der Waals surface area contributed by atoms with Crippen LogP contribution in [0.3, 0.4) is 0 Å². The first kappa shape index (κ1) is 16.1. The first-order valence-corrected chi connectivity index (χ1v) is 7.63. The quantitative estimate of drug-likeness (QED) is 0.829. The summed E-state index contributed by atoms with van der Waals surface area (Å²) in [5, 5.41) is 3.85. The largest absolute Gasteiger partial charge is 0.339 e. The lowest BCUT2D eigenvalue weighted by Gasteiger charge is -2.23. The lowest BCUT2D eigenvalue weighted by molar-refractivity contribution is -0.132. The lowest BCUT2D eigenvalue weighted by Crippen LogP contribution is -2.43. The average Bonchev–Trinajstić information content (AvgIpc) is 2.97. The molecule has 2 aliphatic rings. The van der Waals surface area contributed by atoms with Gasteiger partial charge >= 0.3 is 0 Å². The third-order valence-electron chi connectivity index (χ3n) is 3.87. The average molecular weight is 294 g/mol. The number of carbonyl (C=O) groups excluding carboxylic acids is 1. The monoisotopic (exact) mass is 293 g/mol. The van der Waals surface area contributed by atoms with Gasteiger partial charge in [0.2, 0.25) is 5.91 Å². The molecule has 106 valence electrons. The van der Waals surface area contributed by atoms with Crippen molar-refractivity contribution in [2.45, 2.75) is 30.2 Å². The molecule has 0 aromatic heterocycles. The molecule has 0 aromatic rings. The number of hydrogen-bond acceptors (Lipinski definition) is 4. The summed E-state index contributed by atoms with van der Waals surface area (Å²) in [4.78, 5) is 16.6. The van der Waals surface area contributed by atoms with Gasteiger partial charge in [-0.3, -0.25) is 4.79 Å². The van der Waals surface area contributed by atoms with E-state index in [-0.39, 0.29) is 18.4 Å². The van der Waals surface area contributed by atoms with E-state index in [4.69, 9.17) is 0 Å². The van der Waals surface area contributed by atoms with E-state index in [9.17, 15) is 4.79 Å². The topological polar surface area (TPSA) is 35.6 Å². The highest BCUT2D eigenvalue weighted by molar-refractivity contribution is 7.99. The molecule has 0 aromatic carbocycles. The van der Waals surface area contributed by atoms with Gasteiger partial charge in [-0.25, -0.2) is 0 Å². The van der Waals surface area contributed by atoms with Crippen LogP contribution in [0.4, 0.5) is 0 Å². The van der Waals surface area contributed by atoms with E-state index >= 15 is 0 Å². The van der Waals surface area contributed by atoms with E-state index in [0.29, 0.717) is 17.2 Å². The van der Waals surface area contributed by atoms with Crippen molar-refractivity contribution in [2.24, 2.45) is 0 Å². The highest BCUT2D eigenvalue weighted by atomic mass is 35.5. The fraction of sp³-hybridized carbons (Fsp3) is 0.917. The molecule has 2 fully saturated rings. The number of hydrogen-bond donors (Lipinski definition) is 1. The Hall–Kier alpha value is 0.0300. The van der Waals surface area contributed by atoms with Crippen molar-refractivity contribution in [3.8, 4) is 0 Å². The standard InChI is InChI=1S/C12H23N3OS.ClH/c1-14(2)10-7-15(8-11(10)17-3)12(16)9-5-4-6-13-9;/h9-11,13H,4-8H2,1-3H3;1H. The number of halogens is 1. The maximum absolute atomic E-state index is 12.3. The van der Waals surface area contributed by atoms with Gasteiger partial charge in [-0.05, 0) is 39.7 Å². The van der Waals surface area contributed by atoms with Crippen LogP contribution in [0.2, 0.25) is 0 Å². The summed E-state index contributed by atoms with van der Waals surface area (Å²) in [5.41, 5.74) is 0. The van der Waals surface area contributed by atoms with Gasteiger partial charge < -0.3 is 15.1 Å². The van der Waals surface area contributed by atoms with Crippen molar-refractivity contribution in [2.75, 3.05) is 40.0 Å². The molecule has 0 aliphatic carbocycles. The van der Waals surface area contributed by atoms with E-state index in [1.165, 1.54) is 0 Å². The van der Waals surface area contributed by atoms with Crippen molar-refractivity contribution < 1.29 is 4.79 Å². The van der Waals surface area contributed by atoms with Crippen LogP contribution in [0, 0.1) is 0 Å². The van der Waals surface area contributed by atoms with Gasteiger partial charge in [-0.1, -0.05) is 0 Å². The summed E-state index contributed by atoms with van der Waals surface area (Å²) >= 11 is 1.88. The molecule has 3 atom stereocenters. The normalized spacial score (nSPS) is 31.8. The summed E-state index contributed by atoms with van der Waals surface area (Å²) in [6.07, 6.45) is 4.28. The molecule has 1 N–H and O–H groups in total. The maximum Gasteiger partial charge on any atom is 0.239 e. The molecule has 18 heavy (non-hydrogen) atoms. The Morgan fingerprint density at radius 1 is 1.39 bits per heavy atom. The number of nitrogens with one attached hydrogen (secondary N) is 1. The van der Waals surface area contributed by atoms with E-state index < -0.39 is 0 Å². The number of thioether (sulfide) groups is 1. The number of nitrogens with zero attached hydrogens (tertiary/aromatic N) is 2. The molecule has 2 saturated heterocycles. The second kappa shape index (κ2) is 6.98. The minimum absolute atomic E-state index is 0. The maximum atomic E-state index is 12.3. The van der Waals surface area contributed by atoms with Crippen LogP contribution in [0.25, 0.3) is 0 Å². The molecule has 0 radical (unpaired) electrons. The van der Waals surface area contributed by atoms with E-state index in [0.717, 1.165) is 32.5 Å². The number of likely N-dealkylation sites (N-methyl/N-ethyl adjacent to an activating group) is 1. The molecular weight excluding hydrogens is 270 g/mol. The number of likely N-dealkylation sites (tertiary alicyclic amines) is 1. The van der Waals surface area contributed by atoms with Crippen LogP contribution in [-0.4, -0.2) is 73.0 Å². The van der Waals surface area contributed by atoms with E-state index in [2.05, 4.69) is 35.5 Å². The third-order valence-corrected chi connectivity index (χ3v) is 4.94. The predicted molar refractivity (Wildman–Crippen MR) is 79.6 cm³/mol. The summed E-state index contributed by atoms with van der Waals surface area (Å²) in [6.45, 7) is 2.78. The van der Waals surface area contributed by atoms with Crippen LogP contribution in [0.15, 0.2) is 0 Å². The first-order chi connectivity index (χ1) is 8.13. The van der Waals surface area contributed by atoms with Crippen LogP contribution in [0.1, 0.15) is 12.8 Å². The van der Waals surface area contributed by atoms with Crippen molar-refractivity contribution in [3.63, 3.8) is 0 Å². The summed E-state index contributed by atoms with van der Waals surface area (Å²) in [6, 6.07) is 0.578. The zero-order valence-electron chi connectivity index (χ0n) is 11.4. The first-order valence-electron chi connectivity index (χ1n) is 6.35. The molecule has 2 heterocycles. The van der Waals surface area contributed by atoms with Crippen molar-refractivity contribution >= 4 is 30.1 Å². The molecule has 0 bridgehead atoms. The van der Waals surface area contributed by atoms with E-state index in [1.807, 2.05) is 11.8 Å². The van der Waals surface area contributed by atoms with Gasteiger partial charge in [-0.15, -0.1) is 12.4 Å². The Morgan fingerprint density at radius 2 is 2.11 bits per heavy atom. The molecular formula is C12H24ClN3OS. The van der Waals surface area contributed by atoms with Crippen molar-refractivity contribution in [1.29, 1.82) is 0 Å². The van der Waals surface area contributed by atoms with Crippen molar-refractivity contribution in [3.05, 3.63) is 0 Å². The van der Waals surface area contributed by atoms with Gasteiger partial charge in [0, 0.05) is 24.4 Å². The molecule has 2 aliphatic heterocycles. The summed E-state index contributed by atoms with van der Waals surface area (Å²) in [7, 11) is 4.21. The Morgan fingerprint density at radius 3 is 2.56 bits per heavy atom. The van der Waals surface area contributed by atoms with E-state index in [1.54, 1.807) is 0 Å². The molecule has 4 nitrogen and oxygen atoms in total. The minimum Gasteiger partial charge on any atom is -0.339 e. The van der Waals surface area contributed by atoms with Gasteiger partial charge in [0.05, 0.1) is 6.04 Å². The zero-order valence-corrected chi connectivity index (χ0v) is 13.0. The fourth-order valence-electron chi connectivity index (χ4n) is 2.78. The summed E-state index contributed by atoms with van der Waals surface area (Å²) in [5.74, 6) is 0.311. The minimum atomic E-state index is 0. The van der Waals surface area contributed by atoms with Gasteiger partial charge in [-0.2, -0.15) is 11.8 Å². The Bertz CT molecular complexity index is 284. The second-order valence-corrected chi connectivity index (χ2v) is 6.27. The number of carbonyl (C=O) groups is 1. The van der Waals surface area contributed by atoms with Crippen LogP contribution < -0.4 is 5.32 Å². The number of rotatable bonds is 3. The van der Waals surface area contributed by atoms with Gasteiger partial charge in [0.1, 0.15) is 0 Å². The van der Waals surface area contributed by atoms with Crippen LogP contribution in [-0.2, 0) is 4.79 Å². The molecule has 3 unspecified atom stereocenters. The van der Waals surface area contributed by atoms with Gasteiger partial charge in [0.25, 0.3) is 0 Å². The van der Waals surface area contributed by atoms with Crippen LogP contribution in [0.5, 0.6) is 0 Å². The molecule has 6 heteroatoms. The Kier molecular flexibility index (Phi) is 6.24. The molecule has 0 saturated carbocycles. The second-order valence-electron chi connectivity index (χ2n) is 5.20. The lowest BCUT2D eigenvalue weighted by atomic mass is 10.2. The highest BCUT2D eigenvalue weighted by Crippen LogP contribution is 2.25. The fourth-order valence-corrected chi connectivity index (χ4v) is 3.75. The molecule has 0 spiro atoms. The third kappa shape index (κ3) is 3.32. The summed E-state index contributed by atoms with van der Waals surface area (Å²) < 4.78 is 0.